The maximum absolute atomic E-state index is 12.2. The second-order valence-corrected chi connectivity index (χ2v) is 6.84. The molecule has 2 amide bonds. The molecular formula is C21H24N4O3. The van der Waals surface area contributed by atoms with Crippen molar-refractivity contribution in [2.24, 2.45) is 0 Å². The van der Waals surface area contributed by atoms with Gasteiger partial charge in [-0.05, 0) is 49.1 Å². The Balaban J connectivity index is 1.95. The molecule has 2 N–H and O–H groups in total. The molecule has 7 nitrogen and oxygen atoms in total. The standard InChI is InChI=1S/C21H24N4O3/c1-13-17(14(2)24-20(27)18(13)11-22)9-10-19(26)23-12-15-5-7-16(8-6-15)21(28)25(3)4/h5-8H,9-10,12H2,1-4H3,(H,23,26)(H,24,27). The number of aromatic amines is 1. The van der Waals surface area contributed by atoms with Crippen LogP contribution in [0.25, 0.3) is 0 Å². The monoisotopic (exact) mass is 380 g/mol. The fourth-order valence-corrected chi connectivity index (χ4v) is 2.97. The van der Waals surface area contributed by atoms with Gasteiger partial charge in [0.25, 0.3) is 11.5 Å². The summed E-state index contributed by atoms with van der Waals surface area (Å²) in [5.41, 5.74) is 3.30. The van der Waals surface area contributed by atoms with Gasteiger partial charge < -0.3 is 15.2 Å². The summed E-state index contributed by atoms with van der Waals surface area (Å²) in [4.78, 5) is 40.0. The van der Waals surface area contributed by atoms with Crippen molar-refractivity contribution in [1.29, 1.82) is 5.26 Å². The predicted molar refractivity (Wildman–Crippen MR) is 106 cm³/mol. The van der Waals surface area contributed by atoms with E-state index in [4.69, 9.17) is 5.26 Å². The number of benzene rings is 1. The van der Waals surface area contributed by atoms with Crippen molar-refractivity contribution in [3.63, 3.8) is 0 Å². The summed E-state index contributed by atoms with van der Waals surface area (Å²) >= 11 is 0. The zero-order valence-corrected chi connectivity index (χ0v) is 16.5. The minimum Gasteiger partial charge on any atom is -0.352 e. The Hall–Kier alpha value is -3.40. The number of amides is 2. The van der Waals surface area contributed by atoms with Gasteiger partial charge in [-0.25, -0.2) is 0 Å². The third-order valence-electron chi connectivity index (χ3n) is 4.62. The third kappa shape index (κ3) is 4.86. The van der Waals surface area contributed by atoms with E-state index in [0.29, 0.717) is 29.8 Å². The van der Waals surface area contributed by atoms with Crippen molar-refractivity contribution in [3.8, 4) is 6.07 Å². The lowest BCUT2D eigenvalue weighted by molar-refractivity contribution is -0.121. The maximum Gasteiger partial charge on any atom is 0.266 e. The van der Waals surface area contributed by atoms with Crippen LogP contribution in [-0.2, 0) is 17.8 Å². The lowest BCUT2D eigenvalue weighted by atomic mass is 9.99. The van der Waals surface area contributed by atoms with E-state index in [1.807, 2.05) is 18.2 Å². The highest BCUT2D eigenvalue weighted by molar-refractivity contribution is 5.93. The summed E-state index contributed by atoms with van der Waals surface area (Å²) < 4.78 is 0. The highest BCUT2D eigenvalue weighted by Crippen LogP contribution is 2.15. The summed E-state index contributed by atoms with van der Waals surface area (Å²) in [5, 5.41) is 12.0. The Bertz CT molecular complexity index is 982. The molecule has 1 heterocycles. The first-order chi connectivity index (χ1) is 13.2. The molecule has 0 aliphatic carbocycles. The quantitative estimate of drug-likeness (QED) is 0.797. The van der Waals surface area contributed by atoms with Crippen molar-refractivity contribution >= 4 is 11.8 Å². The highest BCUT2D eigenvalue weighted by Gasteiger charge is 2.13. The topological polar surface area (TPSA) is 106 Å². The molecule has 0 saturated heterocycles. The Morgan fingerprint density at radius 3 is 2.39 bits per heavy atom. The number of carbonyl (C=O) groups is 2. The largest absolute Gasteiger partial charge is 0.352 e. The maximum atomic E-state index is 12.2. The fraction of sp³-hybridized carbons (Fsp3) is 0.333. The van der Waals surface area contributed by atoms with Gasteiger partial charge in [-0.15, -0.1) is 0 Å². The third-order valence-corrected chi connectivity index (χ3v) is 4.62. The summed E-state index contributed by atoms with van der Waals surface area (Å²) in [6.45, 7) is 3.85. The molecule has 28 heavy (non-hydrogen) atoms. The smallest absolute Gasteiger partial charge is 0.266 e. The van der Waals surface area contributed by atoms with Gasteiger partial charge in [0.2, 0.25) is 5.91 Å². The summed E-state index contributed by atoms with van der Waals surface area (Å²) in [6, 6.07) is 9.01. The zero-order valence-electron chi connectivity index (χ0n) is 16.5. The molecule has 0 spiro atoms. The van der Waals surface area contributed by atoms with E-state index in [-0.39, 0.29) is 23.8 Å². The Morgan fingerprint density at radius 2 is 1.82 bits per heavy atom. The van der Waals surface area contributed by atoms with E-state index in [9.17, 15) is 14.4 Å². The fourth-order valence-electron chi connectivity index (χ4n) is 2.97. The minimum atomic E-state index is -0.401. The molecule has 0 fully saturated rings. The van der Waals surface area contributed by atoms with Crippen molar-refractivity contribution in [3.05, 3.63) is 68.1 Å². The number of hydrogen-bond donors (Lipinski definition) is 2. The van der Waals surface area contributed by atoms with Gasteiger partial charge >= 0.3 is 0 Å². The second kappa shape index (κ2) is 9.00. The molecule has 146 valence electrons. The molecule has 0 radical (unpaired) electrons. The number of H-pyrrole nitrogens is 1. The molecule has 1 aromatic heterocycles. The summed E-state index contributed by atoms with van der Waals surface area (Å²) in [6.07, 6.45) is 0.682. The molecule has 2 aromatic rings. The molecule has 2 rings (SSSR count). The SMILES string of the molecule is Cc1[nH]c(=O)c(C#N)c(C)c1CCC(=O)NCc1ccc(C(=O)N(C)C)cc1. The average Bonchev–Trinajstić information content (AvgIpc) is 2.66. The summed E-state index contributed by atoms with van der Waals surface area (Å²) in [7, 11) is 3.39. The molecule has 0 atom stereocenters. The molecule has 1 aromatic carbocycles. The molecule has 0 aliphatic rings. The van der Waals surface area contributed by atoms with Gasteiger partial charge in [-0.2, -0.15) is 5.26 Å². The number of carbonyl (C=O) groups excluding carboxylic acids is 2. The van der Waals surface area contributed by atoms with Crippen LogP contribution in [0.15, 0.2) is 29.1 Å². The first-order valence-electron chi connectivity index (χ1n) is 8.94. The number of rotatable bonds is 6. The molecule has 0 bridgehead atoms. The molecule has 7 heteroatoms. The number of nitrogens with one attached hydrogen (secondary N) is 2. The Kier molecular flexibility index (Phi) is 6.72. The van der Waals surface area contributed by atoms with Crippen molar-refractivity contribution in [2.45, 2.75) is 33.2 Å². The van der Waals surface area contributed by atoms with Gasteiger partial charge in [0, 0.05) is 38.3 Å². The Morgan fingerprint density at radius 1 is 1.18 bits per heavy atom. The average molecular weight is 380 g/mol. The lowest BCUT2D eigenvalue weighted by Crippen LogP contribution is -2.24. The Labute approximate surface area is 164 Å². The number of aromatic nitrogens is 1. The number of aryl methyl sites for hydroxylation is 1. The van der Waals surface area contributed by atoms with Crippen molar-refractivity contribution in [1.82, 2.24) is 15.2 Å². The van der Waals surface area contributed by atoms with E-state index >= 15 is 0 Å². The van der Waals surface area contributed by atoms with Crippen LogP contribution in [0.1, 0.15) is 44.7 Å². The first-order valence-corrected chi connectivity index (χ1v) is 8.94. The first kappa shape index (κ1) is 20.9. The van der Waals surface area contributed by atoms with Crippen LogP contribution in [0.4, 0.5) is 0 Å². The zero-order chi connectivity index (χ0) is 20.8. The predicted octanol–water partition coefficient (Wildman–Crippen LogP) is 1.81. The number of nitrogens with zero attached hydrogens (tertiary/aromatic N) is 2. The van der Waals surface area contributed by atoms with Gasteiger partial charge in [0.15, 0.2) is 0 Å². The number of pyridine rings is 1. The molecule has 0 saturated carbocycles. The van der Waals surface area contributed by atoms with E-state index in [0.717, 1.165) is 11.1 Å². The molecule has 0 aliphatic heterocycles. The van der Waals surface area contributed by atoms with Gasteiger partial charge in [0.05, 0.1) is 0 Å². The van der Waals surface area contributed by atoms with Gasteiger partial charge in [-0.1, -0.05) is 12.1 Å². The molecular weight excluding hydrogens is 356 g/mol. The van der Waals surface area contributed by atoms with Crippen molar-refractivity contribution in [2.75, 3.05) is 14.1 Å². The molecule has 0 unspecified atom stereocenters. The van der Waals surface area contributed by atoms with Crippen LogP contribution in [0.3, 0.4) is 0 Å². The number of nitriles is 1. The van der Waals surface area contributed by atoms with E-state index in [2.05, 4.69) is 10.3 Å². The van der Waals surface area contributed by atoms with Gasteiger partial charge in [-0.3, -0.25) is 14.4 Å². The van der Waals surface area contributed by atoms with E-state index < -0.39 is 5.56 Å². The van der Waals surface area contributed by atoms with Crippen LogP contribution in [-0.4, -0.2) is 35.8 Å². The van der Waals surface area contributed by atoms with Crippen LogP contribution in [0.2, 0.25) is 0 Å². The van der Waals surface area contributed by atoms with Crippen molar-refractivity contribution < 1.29 is 9.59 Å². The van der Waals surface area contributed by atoms with Crippen LogP contribution in [0, 0.1) is 25.2 Å². The van der Waals surface area contributed by atoms with E-state index in [1.54, 1.807) is 40.1 Å². The van der Waals surface area contributed by atoms with Crippen LogP contribution >= 0.6 is 0 Å². The van der Waals surface area contributed by atoms with Crippen LogP contribution in [0.5, 0.6) is 0 Å². The van der Waals surface area contributed by atoms with E-state index in [1.165, 1.54) is 4.90 Å². The van der Waals surface area contributed by atoms with Gasteiger partial charge in [0.1, 0.15) is 11.6 Å². The minimum absolute atomic E-state index is 0.0704. The second-order valence-electron chi connectivity index (χ2n) is 6.84. The highest BCUT2D eigenvalue weighted by atomic mass is 16.2. The van der Waals surface area contributed by atoms with Crippen LogP contribution < -0.4 is 10.9 Å². The lowest BCUT2D eigenvalue weighted by Gasteiger charge is -2.12. The normalized spacial score (nSPS) is 10.2. The summed E-state index contributed by atoms with van der Waals surface area (Å²) in [5.74, 6) is -0.198. The number of hydrogen-bond acceptors (Lipinski definition) is 4.